The molecule has 0 bridgehead atoms. The van der Waals surface area contributed by atoms with Crippen LogP contribution in [0.25, 0.3) is 0 Å². The van der Waals surface area contributed by atoms with Gasteiger partial charge in [-0.3, -0.25) is 4.68 Å². The van der Waals surface area contributed by atoms with Crippen molar-refractivity contribution < 1.29 is 0 Å². The van der Waals surface area contributed by atoms with Crippen LogP contribution in [0.1, 0.15) is 58.7 Å². The fraction of sp³-hybridized carbons (Fsp3) is 0.786. The van der Waals surface area contributed by atoms with Gasteiger partial charge in [0.15, 0.2) is 0 Å². The molecule has 1 aromatic rings. The van der Waals surface area contributed by atoms with Gasteiger partial charge >= 0.3 is 0 Å². The van der Waals surface area contributed by atoms with E-state index in [0.717, 1.165) is 19.3 Å². The molecule has 2 unspecified atom stereocenters. The van der Waals surface area contributed by atoms with E-state index in [0.29, 0.717) is 16.8 Å². The predicted octanol–water partition coefficient (Wildman–Crippen LogP) is 4.60. The molecule has 3 heteroatoms. The van der Waals surface area contributed by atoms with Crippen LogP contribution in [0.5, 0.6) is 0 Å². The van der Waals surface area contributed by atoms with Gasteiger partial charge in [-0.15, -0.1) is 0 Å². The molecule has 98 valence electrons. The Morgan fingerprint density at radius 3 is 2.41 bits per heavy atom. The first kappa shape index (κ1) is 14.7. The summed E-state index contributed by atoms with van der Waals surface area (Å²) in [4.78, 5) is 0.598. The third kappa shape index (κ3) is 4.13. The Hall–Kier alpha value is -0.310. The number of aromatic nitrogens is 2. The molecular weight excluding hydrogens is 276 g/mol. The largest absolute Gasteiger partial charge is 0.269 e. The molecule has 1 rings (SSSR count). The first-order valence-electron chi connectivity index (χ1n) is 6.80. The van der Waals surface area contributed by atoms with Crippen LogP contribution in [0, 0.1) is 5.92 Å². The van der Waals surface area contributed by atoms with Gasteiger partial charge in [-0.25, -0.2) is 0 Å². The third-order valence-electron chi connectivity index (χ3n) is 3.52. The second-order valence-electron chi connectivity index (χ2n) is 4.86. The van der Waals surface area contributed by atoms with Crippen LogP contribution in [-0.4, -0.2) is 14.6 Å². The average Bonchev–Trinajstić information content (AvgIpc) is 2.78. The zero-order valence-corrected chi connectivity index (χ0v) is 13.1. The normalized spacial score (nSPS) is 15.2. The molecule has 1 aromatic heterocycles. The van der Waals surface area contributed by atoms with Crippen LogP contribution < -0.4 is 0 Å². The second-order valence-corrected chi connectivity index (χ2v) is 6.04. The van der Waals surface area contributed by atoms with Crippen LogP contribution in [0.15, 0.2) is 12.3 Å². The Labute approximate surface area is 114 Å². The minimum absolute atomic E-state index is 0.560. The van der Waals surface area contributed by atoms with Gasteiger partial charge < -0.3 is 0 Å². The molecule has 0 N–H and O–H groups in total. The molecule has 1 heterocycles. The Balaban J connectivity index is 2.62. The van der Waals surface area contributed by atoms with Gasteiger partial charge in [-0.05, 0) is 37.7 Å². The lowest BCUT2D eigenvalue weighted by atomic mass is 10.0. The number of nitrogens with zero attached hydrogens (tertiary/aromatic N) is 2. The van der Waals surface area contributed by atoms with E-state index in [-0.39, 0.29) is 0 Å². The highest BCUT2D eigenvalue weighted by atomic mass is 79.9. The van der Waals surface area contributed by atoms with Crippen molar-refractivity contribution >= 4 is 15.9 Å². The summed E-state index contributed by atoms with van der Waals surface area (Å²) in [5.74, 6) is 0.644. The van der Waals surface area contributed by atoms with Crippen LogP contribution in [0.3, 0.4) is 0 Å². The van der Waals surface area contributed by atoms with Crippen molar-refractivity contribution in [2.45, 2.75) is 64.2 Å². The zero-order chi connectivity index (χ0) is 12.8. The summed E-state index contributed by atoms with van der Waals surface area (Å²) in [5, 5.41) is 4.70. The van der Waals surface area contributed by atoms with Crippen molar-refractivity contribution in [3.8, 4) is 0 Å². The Morgan fingerprint density at radius 1 is 1.24 bits per heavy atom. The lowest BCUT2D eigenvalue weighted by Gasteiger charge is -2.15. The van der Waals surface area contributed by atoms with Crippen molar-refractivity contribution in [3.63, 3.8) is 0 Å². The van der Waals surface area contributed by atoms with Crippen LogP contribution >= 0.6 is 15.9 Å². The smallest absolute Gasteiger partial charge is 0.0627 e. The quantitative estimate of drug-likeness (QED) is 0.673. The first-order valence-corrected chi connectivity index (χ1v) is 7.71. The molecule has 0 radical (unpaired) electrons. The standard InChI is InChI=1S/C14H25BrN2/c1-5-13(6-2)17-9-8-12(16-17)10-11(4)14(15)7-3/h8-9,11,13-14H,5-7,10H2,1-4H3. The minimum atomic E-state index is 0.560. The number of halogens is 1. The van der Waals surface area contributed by atoms with Crippen LogP contribution in [0.2, 0.25) is 0 Å². The van der Waals surface area contributed by atoms with E-state index < -0.39 is 0 Å². The zero-order valence-electron chi connectivity index (χ0n) is 11.5. The number of rotatable bonds is 7. The molecule has 0 aliphatic heterocycles. The van der Waals surface area contributed by atoms with Gasteiger partial charge in [0.2, 0.25) is 0 Å². The molecule has 0 aliphatic carbocycles. The minimum Gasteiger partial charge on any atom is -0.269 e. The van der Waals surface area contributed by atoms with Crippen molar-refractivity contribution in [1.29, 1.82) is 0 Å². The van der Waals surface area contributed by atoms with E-state index >= 15 is 0 Å². The molecule has 0 saturated heterocycles. The highest BCUT2D eigenvalue weighted by Gasteiger charge is 2.15. The lowest BCUT2D eigenvalue weighted by molar-refractivity contribution is 0.422. The van der Waals surface area contributed by atoms with Crippen molar-refractivity contribution in [2.75, 3.05) is 0 Å². The summed E-state index contributed by atoms with van der Waals surface area (Å²) in [6.07, 6.45) is 6.69. The summed E-state index contributed by atoms with van der Waals surface area (Å²) in [6, 6.07) is 2.73. The first-order chi connectivity index (χ1) is 8.12. The van der Waals surface area contributed by atoms with Crippen LogP contribution in [-0.2, 0) is 6.42 Å². The molecule has 2 atom stereocenters. The maximum Gasteiger partial charge on any atom is 0.0627 e. The van der Waals surface area contributed by atoms with Gasteiger partial charge in [0.05, 0.1) is 11.7 Å². The van der Waals surface area contributed by atoms with E-state index in [1.54, 1.807) is 0 Å². The molecule has 0 fully saturated rings. The van der Waals surface area contributed by atoms with Gasteiger partial charge in [0, 0.05) is 11.0 Å². The molecule has 17 heavy (non-hydrogen) atoms. The summed E-state index contributed by atoms with van der Waals surface area (Å²) in [6.45, 7) is 8.96. The second kappa shape index (κ2) is 7.20. The van der Waals surface area contributed by atoms with E-state index in [1.165, 1.54) is 12.1 Å². The number of alkyl halides is 1. The van der Waals surface area contributed by atoms with E-state index in [1.807, 2.05) is 0 Å². The molecular formula is C14H25BrN2. The highest BCUT2D eigenvalue weighted by molar-refractivity contribution is 9.09. The Bertz CT molecular complexity index is 318. The highest BCUT2D eigenvalue weighted by Crippen LogP contribution is 2.21. The molecule has 0 aliphatic rings. The fourth-order valence-electron chi connectivity index (χ4n) is 2.21. The van der Waals surface area contributed by atoms with Crippen LogP contribution in [0.4, 0.5) is 0 Å². The van der Waals surface area contributed by atoms with Crippen molar-refractivity contribution in [3.05, 3.63) is 18.0 Å². The molecule has 2 nitrogen and oxygen atoms in total. The van der Waals surface area contributed by atoms with Crippen molar-refractivity contribution in [2.24, 2.45) is 5.92 Å². The van der Waals surface area contributed by atoms with E-state index in [4.69, 9.17) is 5.10 Å². The lowest BCUT2D eigenvalue weighted by Crippen LogP contribution is -2.14. The van der Waals surface area contributed by atoms with Gasteiger partial charge in [0.25, 0.3) is 0 Å². The third-order valence-corrected chi connectivity index (χ3v) is 5.07. The Kier molecular flexibility index (Phi) is 6.24. The van der Waals surface area contributed by atoms with Gasteiger partial charge in [0.1, 0.15) is 0 Å². The monoisotopic (exact) mass is 300 g/mol. The fourth-order valence-corrected chi connectivity index (χ4v) is 2.40. The van der Waals surface area contributed by atoms with Gasteiger partial charge in [-0.1, -0.05) is 43.6 Å². The molecule has 0 aromatic carbocycles. The summed E-state index contributed by atoms with van der Waals surface area (Å²) in [7, 11) is 0. The van der Waals surface area contributed by atoms with E-state index in [2.05, 4.69) is 60.6 Å². The summed E-state index contributed by atoms with van der Waals surface area (Å²) < 4.78 is 2.14. The molecule has 0 saturated carbocycles. The average molecular weight is 301 g/mol. The number of hydrogen-bond donors (Lipinski definition) is 0. The molecule has 0 amide bonds. The Morgan fingerprint density at radius 2 is 1.88 bits per heavy atom. The SMILES string of the molecule is CCC(Br)C(C)Cc1ccn(C(CC)CC)n1. The number of hydrogen-bond acceptors (Lipinski definition) is 1. The predicted molar refractivity (Wildman–Crippen MR) is 77.7 cm³/mol. The maximum atomic E-state index is 4.70. The maximum absolute atomic E-state index is 4.70. The van der Waals surface area contributed by atoms with Crippen molar-refractivity contribution in [1.82, 2.24) is 9.78 Å². The summed E-state index contributed by atoms with van der Waals surface area (Å²) >= 11 is 3.73. The molecule has 0 spiro atoms. The summed E-state index contributed by atoms with van der Waals surface area (Å²) in [5.41, 5.74) is 1.22. The van der Waals surface area contributed by atoms with E-state index in [9.17, 15) is 0 Å². The topological polar surface area (TPSA) is 17.8 Å². The van der Waals surface area contributed by atoms with Gasteiger partial charge in [-0.2, -0.15) is 5.10 Å².